The fourth-order valence-corrected chi connectivity index (χ4v) is 6.31. The van der Waals surface area contributed by atoms with E-state index in [9.17, 15) is 18.3 Å². The number of nitrogens with zero attached hydrogens (tertiary/aromatic N) is 6. The molecular weight excluding hydrogens is 540 g/mol. The fraction of sp³-hybridized carbons (Fsp3) is 0.296. The SMILES string of the molecule is CCC([C@H](O)c1ccc(Cl)cc1)n1ncn(-c2ccc(N3CCN(S(=O)(=O)c4ccccc4)CC3)nc2)c1=O. The molecule has 12 heteroatoms. The zero-order valence-corrected chi connectivity index (χ0v) is 22.9. The molecule has 1 saturated heterocycles. The van der Waals surface area contributed by atoms with Gasteiger partial charge in [0.15, 0.2) is 0 Å². The zero-order valence-electron chi connectivity index (χ0n) is 21.3. The van der Waals surface area contributed by atoms with Gasteiger partial charge in [0, 0.05) is 31.2 Å². The van der Waals surface area contributed by atoms with Gasteiger partial charge in [0.1, 0.15) is 18.2 Å². The first-order valence-electron chi connectivity index (χ1n) is 12.7. The van der Waals surface area contributed by atoms with Gasteiger partial charge < -0.3 is 10.0 Å². The maximum Gasteiger partial charge on any atom is 0.350 e. The first kappa shape index (κ1) is 27.1. The molecule has 1 unspecified atom stereocenters. The number of pyridine rings is 1. The van der Waals surface area contributed by atoms with Crippen LogP contribution in [0.1, 0.15) is 31.1 Å². The summed E-state index contributed by atoms with van der Waals surface area (Å²) in [5, 5.41) is 15.8. The zero-order chi connectivity index (χ0) is 27.6. The van der Waals surface area contributed by atoms with Gasteiger partial charge in [-0.2, -0.15) is 9.40 Å². The summed E-state index contributed by atoms with van der Waals surface area (Å²) in [6.07, 6.45) is 2.57. The molecule has 0 saturated carbocycles. The van der Waals surface area contributed by atoms with Crippen molar-refractivity contribution in [3.8, 4) is 5.69 Å². The van der Waals surface area contributed by atoms with Crippen molar-refractivity contribution in [1.29, 1.82) is 0 Å². The minimum Gasteiger partial charge on any atom is -0.386 e. The highest BCUT2D eigenvalue weighted by atomic mass is 35.5. The first-order valence-corrected chi connectivity index (χ1v) is 14.5. The van der Waals surface area contributed by atoms with E-state index >= 15 is 0 Å². The van der Waals surface area contributed by atoms with Crippen molar-refractivity contribution >= 4 is 27.4 Å². The van der Waals surface area contributed by atoms with Crippen LogP contribution in [0.4, 0.5) is 5.82 Å². The lowest BCUT2D eigenvalue weighted by Crippen LogP contribution is -2.48. The van der Waals surface area contributed by atoms with E-state index in [1.807, 2.05) is 11.8 Å². The summed E-state index contributed by atoms with van der Waals surface area (Å²) in [6, 6.07) is 18.3. The Bertz CT molecular complexity index is 1570. The van der Waals surface area contributed by atoms with Crippen molar-refractivity contribution in [2.45, 2.75) is 30.4 Å². The van der Waals surface area contributed by atoms with Gasteiger partial charge >= 0.3 is 5.69 Å². The Morgan fingerprint density at radius 1 is 0.974 bits per heavy atom. The van der Waals surface area contributed by atoms with Crippen LogP contribution in [0.3, 0.4) is 0 Å². The van der Waals surface area contributed by atoms with Gasteiger partial charge in [-0.1, -0.05) is 48.9 Å². The number of anilines is 1. The largest absolute Gasteiger partial charge is 0.386 e. The number of aromatic nitrogens is 4. The quantitative estimate of drug-likeness (QED) is 0.347. The number of benzene rings is 2. The lowest BCUT2D eigenvalue weighted by atomic mass is 10.0. The summed E-state index contributed by atoms with van der Waals surface area (Å²) in [6.45, 7) is 3.58. The van der Waals surface area contributed by atoms with Crippen molar-refractivity contribution in [2.24, 2.45) is 0 Å². The third-order valence-electron chi connectivity index (χ3n) is 6.96. The van der Waals surface area contributed by atoms with Gasteiger partial charge in [0.25, 0.3) is 0 Å². The lowest BCUT2D eigenvalue weighted by Gasteiger charge is -2.34. The topological polar surface area (TPSA) is 114 Å². The fourth-order valence-electron chi connectivity index (χ4n) is 4.74. The molecule has 0 bridgehead atoms. The number of sulfonamides is 1. The summed E-state index contributed by atoms with van der Waals surface area (Å²) >= 11 is 5.96. The highest BCUT2D eigenvalue weighted by molar-refractivity contribution is 7.89. The normalized spacial score (nSPS) is 16.2. The minimum atomic E-state index is -3.53. The van der Waals surface area contributed by atoms with Gasteiger partial charge in [-0.15, -0.1) is 0 Å². The van der Waals surface area contributed by atoms with Gasteiger partial charge in [-0.25, -0.2) is 27.4 Å². The molecule has 3 heterocycles. The van der Waals surface area contributed by atoms with E-state index < -0.39 is 22.2 Å². The maximum atomic E-state index is 13.2. The molecule has 10 nitrogen and oxygen atoms in total. The second kappa shape index (κ2) is 11.3. The molecule has 2 aromatic carbocycles. The number of aliphatic hydroxyl groups is 1. The van der Waals surface area contributed by atoms with Crippen LogP contribution in [0.2, 0.25) is 5.02 Å². The molecule has 2 atom stereocenters. The van der Waals surface area contributed by atoms with Crippen molar-refractivity contribution in [3.63, 3.8) is 0 Å². The average molecular weight is 569 g/mol. The maximum absolute atomic E-state index is 13.2. The average Bonchev–Trinajstić information content (AvgIpc) is 3.35. The van der Waals surface area contributed by atoms with Crippen molar-refractivity contribution in [2.75, 3.05) is 31.1 Å². The molecular formula is C27H29ClN6O4S. The van der Waals surface area contributed by atoms with Crippen LogP contribution in [-0.2, 0) is 10.0 Å². The summed E-state index contributed by atoms with van der Waals surface area (Å²) in [5.74, 6) is 0.695. The second-order valence-electron chi connectivity index (χ2n) is 9.28. The molecule has 1 N–H and O–H groups in total. The Labute approximate surface area is 231 Å². The molecule has 204 valence electrons. The number of piperazine rings is 1. The minimum absolute atomic E-state index is 0.290. The van der Waals surface area contributed by atoms with E-state index in [1.165, 1.54) is 19.9 Å². The van der Waals surface area contributed by atoms with Gasteiger partial charge in [-0.05, 0) is 48.4 Å². The molecule has 0 aliphatic carbocycles. The second-order valence-corrected chi connectivity index (χ2v) is 11.7. The van der Waals surface area contributed by atoms with Crippen molar-refractivity contribution < 1.29 is 13.5 Å². The molecule has 1 aliphatic heterocycles. The Balaban J connectivity index is 1.28. The Kier molecular flexibility index (Phi) is 7.85. The van der Waals surface area contributed by atoms with Crippen LogP contribution in [0, 0.1) is 0 Å². The predicted molar refractivity (Wildman–Crippen MR) is 149 cm³/mol. The summed E-state index contributed by atoms with van der Waals surface area (Å²) < 4.78 is 30.0. The Hall–Kier alpha value is -3.51. The van der Waals surface area contributed by atoms with Crippen LogP contribution in [0.25, 0.3) is 5.69 Å². The lowest BCUT2D eigenvalue weighted by molar-refractivity contribution is 0.101. The van der Waals surface area contributed by atoms with E-state index in [0.717, 1.165) is 0 Å². The number of rotatable bonds is 8. The van der Waals surface area contributed by atoms with Crippen LogP contribution in [0.5, 0.6) is 0 Å². The van der Waals surface area contributed by atoms with Crippen molar-refractivity contribution in [1.82, 2.24) is 23.6 Å². The number of hydrogen-bond acceptors (Lipinski definition) is 7. The molecule has 2 aromatic heterocycles. The van der Waals surface area contributed by atoms with E-state index in [1.54, 1.807) is 72.9 Å². The molecule has 39 heavy (non-hydrogen) atoms. The van der Waals surface area contributed by atoms with Gasteiger partial charge in [-0.3, -0.25) is 0 Å². The van der Waals surface area contributed by atoms with Crippen molar-refractivity contribution in [3.05, 3.63) is 100 Å². The molecule has 5 rings (SSSR count). The standard InChI is InChI=1S/C27H29ClN6O4S/c1-2-24(26(35)20-8-10-21(28)11-9-20)34-27(36)33(19-30-34)22-12-13-25(29-18-22)31-14-16-32(17-15-31)39(37,38)23-6-4-3-5-7-23/h3-13,18-19,24,26,35H,2,14-17H2,1H3/t24?,26-/m1/s1. The number of hydrogen-bond donors (Lipinski definition) is 1. The van der Waals surface area contributed by atoms with E-state index in [4.69, 9.17) is 11.6 Å². The molecule has 0 amide bonds. The molecule has 4 aromatic rings. The van der Waals surface area contributed by atoms with E-state index in [0.29, 0.717) is 54.7 Å². The van der Waals surface area contributed by atoms with Gasteiger partial charge in [0.2, 0.25) is 10.0 Å². The summed E-state index contributed by atoms with van der Waals surface area (Å²) in [5.41, 5.74) is 0.802. The summed E-state index contributed by atoms with van der Waals surface area (Å²) in [7, 11) is -3.53. The highest BCUT2D eigenvalue weighted by Gasteiger charge is 2.29. The Morgan fingerprint density at radius 3 is 2.28 bits per heavy atom. The monoisotopic (exact) mass is 568 g/mol. The molecule has 0 radical (unpaired) electrons. The first-order chi connectivity index (χ1) is 18.8. The van der Waals surface area contributed by atoms with Gasteiger partial charge in [0.05, 0.1) is 22.8 Å². The van der Waals surface area contributed by atoms with Crippen LogP contribution < -0.4 is 10.6 Å². The third-order valence-corrected chi connectivity index (χ3v) is 9.12. The predicted octanol–water partition coefficient (Wildman–Crippen LogP) is 3.28. The number of aliphatic hydroxyl groups excluding tert-OH is 1. The van der Waals surface area contributed by atoms with E-state index in [-0.39, 0.29) is 10.6 Å². The molecule has 1 fully saturated rings. The number of halogens is 1. The highest BCUT2D eigenvalue weighted by Crippen LogP contribution is 2.28. The van der Waals surface area contributed by atoms with Crippen LogP contribution >= 0.6 is 11.6 Å². The smallest absolute Gasteiger partial charge is 0.350 e. The van der Waals surface area contributed by atoms with E-state index in [2.05, 4.69) is 10.1 Å². The molecule has 0 spiro atoms. The summed E-state index contributed by atoms with van der Waals surface area (Å²) in [4.78, 5) is 20.1. The van der Waals surface area contributed by atoms with Crippen LogP contribution in [0.15, 0.2) is 88.9 Å². The molecule has 1 aliphatic rings. The van der Waals surface area contributed by atoms with Crippen LogP contribution in [-0.4, -0.2) is 63.3 Å². The Morgan fingerprint density at radius 2 is 1.67 bits per heavy atom. The third kappa shape index (κ3) is 5.48.